The quantitative estimate of drug-likeness (QED) is 0.810. The van der Waals surface area contributed by atoms with Gasteiger partial charge in [-0.2, -0.15) is 5.26 Å². The summed E-state index contributed by atoms with van der Waals surface area (Å²) in [5.74, 6) is -0.0521. The molecule has 1 atom stereocenters. The minimum Gasteiger partial charge on any atom is -0.399 e. The second-order valence-electron chi connectivity index (χ2n) is 5.16. The molecule has 0 saturated carbocycles. The van der Waals surface area contributed by atoms with Crippen LogP contribution in [0.15, 0.2) is 18.2 Å². The van der Waals surface area contributed by atoms with Gasteiger partial charge in [-0.3, -0.25) is 9.69 Å². The molecule has 6 nitrogen and oxygen atoms in total. The summed E-state index contributed by atoms with van der Waals surface area (Å²) in [5, 5.41) is 11.7. The molecular formula is C15H20N4O2. The van der Waals surface area contributed by atoms with Crippen molar-refractivity contribution in [3.8, 4) is 6.07 Å². The molecule has 1 saturated heterocycles. The largest absolute Gasteiger partial charge is 0.399 e. The van der Waals surface area contributed by atoms with Gasteiger partial charge in [0.1, 0.15) is 0 Å². The number of nitrogens with zero attached hydrogens (tertiary/aromatic N) is 2. The van der Waals surface area contributed by atoms with Gasteiger partial charge in [-0.15, -0.1) is 0 Å². The second-order valence-corrected chi connectivity index (χ2v) is 5.16. The van der Waals surface area contributed by atoms with Crippen molar-refractivity contribution >= 4 is 17.3 Å². The molecule has 0 aromatic heterocycles. The summed E-state index contributed by atoms with van der Waals surface area (Å²) in [6, 6.07) is 7.54. The Labute approximate surface area is 124 Å². The van der Waals surface area contributed by atoms with E-state index in [4.69, 9.17) is 15.7 Å². The summed E-state index contributed by atoms with van der Waals surface area (Å²) >= 11 is 0. The predicted octanol–water partition coefficient (Wildman–Crippen LogP) is 1.13. The Morgan fingerprint density at radius 3 is 3.19 bits per heavy atom. The van der Waals surface area contributed by atoms with E-state index in [1.165, 1.54) is 0 Å². The lowest BCUT2D eigenvalue weighted by Gasteiger charge is -2.29. The minimum absolute atomic E-state index is 0.0521. The van der Waals surface area contributed by atoms with E-state index in [1.54, 1.807) is 12.1 Å². The highest BCUT2D eigenvalue weighted by molar-refractivity contribution is 5.92. The number of nitrogen functional groups attached to an aromatic ring is 1. The van der Waals surface area contributed by atoms with E-state index >= 15 is 0 Å². The van der Waals surface area contributed by atoms with Gasteiger partial charge >= 0.3 is 0 Å². The molecule has 0 aliphatic carbocycles. The zero-order valence-electron chi connectivity index (χ0n) is 12.1. The van der Waals surface area contributed by atoms with Crippen molar-refractivity contribution in [2.45, 2.75) is 19.4 Å². The fourth-order valence-corrected chi connectivity index (χ4v) is 2.23. The Hall–Kier alpha value is -2.10. The fourth-order valence-electron chi connectivity index (χ4n) is 2.23. The number of carbonyl (C=O) groups is 1. The Morgan fingerprint density at radius 2 is 2.43 bits per heavy atom. The third kappa shape index (κ3) is 4.45. The lowest BCUT2D eigenvalue weighted by atomic mass is 10.1. The first kappa shape index (κ1) is 15.3. The van der Waals surface area contributed by atoms with Gasteiger partial charge in [0.15, 0.2) is 6.10 Å². The lowest BCUT2D eigenvalue weighted by Crippen LogP contribution is -2.42. The number of nitriles is 1. The molecule has 6 heteroatoms. The number of carbonyl (C=O) groups excluding carboxylic acids is 1. The van der Waals surface area contributed by atoms with E-state index in [-0.39, 0.29) is 5.91 Å². The first-order valence-electron chi connectivity index (χ1n) is 6.98. The molecule has 1 aromatic carbocycles. The second kappa shape index (κ2) is 7.07. The molecule has 0 radical (unpaired) electrons. The number of ether oxygens (including phenoxy) is 1. The maximum absolute atomic E-state index is 12.0. The Kier molecular flexibility index (Phi) is 5.14. The number of nitrogens with two attached hydrogens (primary N) is 1. The fraction of sp³-hybridized carbons (Fsp3) is 0.467. The van der Waals surface area contributed by atoms with Crippen LogP contribution in [0.3, 0.4) is 0 Å². The monoisotopic (exact) mass is 288 g/mol. The summed E-state index contributed by atoms with van der Waals surface area (Å²) in [5.41, 5.74) is 8.07. The standard InChI is InChI=1S/C15H20N4O2/c1-11-2-3-12(17)8-14(11)18-15(20)4-5-19-6-7-21-13(9-16)10-19/h2-3,8,13H,4-7,10,17H2,1H3,(H,18,20). The van der Waals surface area contributed by atoms with E-state index in [2.05, 4.69) is 16.3 Å². The molecule has 0 bridgehead atoms. The van der Waals surface area contributed by atoms with E-state index < -0.39 is 6.10 Å². The molecule has 2 rings (SSSR count). The number of hydrogen-bond donors (Lipinski definition) is 2. The Morgan fingerprint density at radius 1 is 1.62 bits per heavy atom. The molecule has 1 aromatic rings. The summed E-state index contributed by atoms with van der Waals surface area (Å²) < 4.78 is 5.27. The normalized spacial score (nSPS) is 19.0. The molecule has 3 N–H and O–H groups in total. The summed E-state index contributed by atoms with van der Waals surface area (Å²) in [6.45, 7) is 4.39. The highest BCUT2D eigenvalue weighted by atomic mass is 16.5. The maximum Gasteiger partial charge on any atom is 0.225 e. The Balaban J connectivity index is 1.82. The van der Waals surface area contributed by atoms with Gasteiger partial charge in [0.2, 0.25) is 5.91 Å². The molecule has 1 aliphatic rings. The first-order chi connectivity index (χ1) is 10.1. The predicted molar refractivity (Wildman–Crippen MR) is 80.6 cm³/mol. The van der Waals surface area contributed by atoms with Gasteiger partial charge in [0, 0.05) is 37.4 Å². The van der Waals surface area contributed by atoms with Crippen molar-refractivity contribution in [1.29, 1.82) is 5.26 Å². The van der Waals surface area contributed by atoms with Crippen LogP contribution < -0.4 is 11.1 Å². The van der Waals surface area contributed by atoms with Gasteiger partial charge in [-0.1, -0.05) is 6.07 Å². The van der Waals surface area contributed by atoms with Crippen molar-refractivity contribution in [3.63, 3.8) is 0 Å². The van der Waals surface area contributed by atoms with Crippen LogP contribution in [-0.2, 0) is 9.53 Å². The van der Waals surface area contributed by atoms with Crippen LogP contribution >= 0.6 is 0 Å². The molecule has 1 aliphatic heterocycles. The summed E-state index contributed by atoms with van der Waals surface area (Å²) in [6.07, 6.45) is -0.00942. The van der Waals surface area contributed by atoms with Crippen LogP contribution in [0.5, 0.6) is 0 Å². The SMILES string of the molecule is Cc1ccc(N)cc1NC(=O)CCN1CCOC(C#N)C1. The highest BCUT2D eigenvalue weighted by Crippen LogP contribution is 2.18. The van der Waals surface area contributed by atoms with Crippen LogP contribution in [0, 0.1) is 18.3 Å². The van der Waals surface area contributed by atoms with Crippen LogP contribution in [0.4, 0.5) is 11.4 Å². The van der Waals surface area contributed by atoms with E-state index in [1.807, 2.05) is 13.0 Å². The van der Waals surface area contributed by atoms with Crippen LogP contribution in [0.2, 0.25) is 0 Å². The maximum atomic E-state index is 12.0. The van der Waals surface area contributed by atoms with Crippen molar-refractivity contribution in [1.82, 2.24) is 4.90 Å². The van der Waals surface area contributed by atoms with Crippen LogP contribution in [0.1, 0.15) is 12.0 Å². The number of amides is 1. The number of rotatable bonds is 4. The third-order valence-electron chi connectivity index (χ3n) is 3.49. The van der Waals surface area contributed by atoms with Gasteiger partial charge < -0.3 is 15.8 Å². The van der Waals surface area contributed by atoms with E-state index in [0.717, 1.165) is 17.8 Å². The van der Waals surface area contributed by atoms with Gasteiger partial charge in [0.25, 0.3) is 0 Å². The topological polar surface area (TPSA) is 91.4 Å². The van der Waals surface area contributed by atoms with Crippen molar-refractivity contribution in [3.05, 3.63) is 23.8 Å². The van der Waals surface area contributed by atoms with Crippen molar-refractivity contribution in [2.24, 2.45) is 0 Å². The van der Waals surface area contributed by atoms with E-state index in [0.29, 0.717) is 31.8 Å². The van der Waals surface area contributed by atoms with Gasteiger partial charge in [-0.25, -0.2) is 0 Å². The molecule has 1 amide bonds. The van der Waals surface area contributed by atoms with Crippen molar-refractivity contribution < 1.29 is 9.53 Å². The first-order valence-corrected chi connectivity index (χ1v) is 6.98. The molecule has 21 heavy (non-hydrogen) atoms. The summed E-state index contributed by atoms with van der Waals surface area (Å²) in [4.78, 5) is 14.1. The minimum atomic E-state index is -0.391. The number of nitrogens with one attached hydrogen (secondary N) is 1. The van der Waals surface area contributed by atoms with Crippen LogP contribution in [0.25, 0.3) is 0 Å². The average molecular weight is 288 g/mol. The number of hydrogen-bond acceptors (Lipinski definition) is 5. The molecule has 112 valence electrons. The smallest absolute Gasteiger partial charge is 0.225 e. The molecular weight excluding hydrogens is 268 g/mol. The number of anilines is 2. The van der Waals surface area contributed by atoms with Gasteiger partial charge in [-0.05, 0) is 24.6 Å². The van der Waals surface area contributed by atoms with Crippen molar-refractivity contribution in [2.75, 3.05) is 37.3 Å². The zero-order valence-corrected chi connectivity index (χ0v) is 12.1. The Bertz CT molecular complexity index is 553. The zero-order chi connectivity index (χ0) is 15.2. The molecule has 0 spiro atoms. The van der Waals surface area contributed by atoms with E-state index in [9.17, 15) is 4.79 Å². The molecule has 1 heterocycles. The summed E-state index contributed by atoms with van der Waals surface area (Å²) in [7, 11) is 0. The average Bonchev–Trinajstić information content (AvgIpc) is 2.49. The third-order valence-corrected chi connectivity index (χ3v) is 3.49. The molecule has 1 unspecified atom stereocenters. The number of morpholine rings is 1. The number of benzene rings is 1. The highest BCUT2D eigenvalue weighted by Gasteiger charge is 2.20. The lowest BCUT2D eigenvalue weighted by molar-refractivity contribution is -0.116. The molecule has 1 fully saturated rings. The van der Waals surface area contributed by atoms with Gasteiger partial charge in [0.05, 0.1) is 12.7 Å². The number of aryl methyl sites for hydroxylation is 1. The van der Waals surface area contributed by atoms with Crippen LogP contribution in [-0.4, -0.2) is 43.2 Å².